The summed E-state index contributed by atoms with van der Waals surface area (Å²) in [5, 5.41) is 0. The van der Waals surface area contributed by atoms with E-state index in [0.29, 0.717) is 17.9 Å². The lowest BCUT2D eigenvalue weighted by molar-refractivity contribution is 0.0599. The number of carbonyl (C=O) groups excluding carboxylic acids is 1. The lowest BCUT2D eigenvalue weighted by atomic mass is 10.1. The first-order chi connectivity index (χ1) is 10.4. The Bertz CT molecular complexity index is 673. The molecule has 0 spiro atoms. The van der Waals surface area contributed by atoms with Crippen LogP contribution in [0.25, 0.3) is 0 Å². The Morgan fingerprint density at radius 1 is 1.18 bits per heavy atom. The van der Waals surface area contributed by atoms with Gasteiger partial charge in [0.1, 0.15) is 17.1 Å². The van der Waals surface area contributed by atoms with Gasteiger partial charge in [-0.25, -0.2) is 4.79 Å². The third kappa shape index (κ3) is 3.77. The molecule has 0 fully saturated rings. The molecule has 2 rings (SSSR count). The van der Waals surface area contributed by atoms with Crippen molar-refractivity contribution in [3.05, 3.63) is 58.0 Å². The molecule has 1 aromatic carbocycles. The zero-order valence-corrected chi connectivity index (χ0v) is 13.9. The normalized spacial score (nSPS) is 11.0. The van der Waals surface area contributed by atoms with Crippen LogP contribution >= 0.6 is 0 Å². The molecule has 1 aromatic heterocycles. The van der Waals surface area contributed by atoms with Crippen LogP contribution in [0.5, 0.6) is 0 Å². The van der Waals surface area contributed by atoms with Crippen molar-refractivity contribution in [2.45, 2.75) is 33.9 Å². The van der Waals surface area contributed by atoms with Crippen molar-refractivity contribution < 1.29 is 13.9 Å². The van der Waals surface area contributed by atoms with Crippen LogP contribution in [0.15, 0.2) is 28.7 Å². The van der Waals surface area contributed by atoms with Crippen molar-refractivity contribution in [1.29, 1.82) is 0 Å². The van der Waals surface area contributed by atoms with E-state index in [4.69, 9.17) is 9.15 Å². The summed E-state index contributed by atoms with van der Waals surface area (Å²) in [5.41, 5.74) is 4.34. The highest BCUT2D eigenvalue weighted by molar-refractivity contribution is 5.90. The van der Waals surface area contributed by atoms with Gasteiger partial charge in [0.05, 0.1) is 13.7 Å². The highest BCUT2D eigenvalue weighted by Crippen LogP contribution is 2.19. The Hall–Kier alpha value is -2.07. The van der Waals surface area contributed by atoms with Crippen molar-refractivity contribution in [2.24, 2.45) is 0 Å². The van der Waals surface area contributed by atoms with Gasteiger partial charge in [0.2, 0.25) is 0 Å². The van der Waals surface area contributed by atoms with Gasteiger partial charge < -0.3 is 9.15 Å². The molecule has 0 aliphatic carbocycles. The van der Waals surface area contributed by atoms with E-state index in [2.05, 4.69) is 36.9 Å². The molecule has 118 valence electrons. The first-order valence-corrected chi connectivity index (χ1v) is 7.33. The van der Waals surface area contributed by atoms with E-state index in [9.17, 15) is 4.79 Å². The summed E-state index contributed by atoms with van der Waals surface area (Å²) in [4.78, 5) is 13.8. The molecule has 0 saturated heterocycles. The van der Waals surface area contributed by atoms with E-state index in [1.165, 1.54) is 23.8 Å². The number of methoxy groups -OCH3 is 1. The minimum absolute atomic E-state index is 0.357. The van der Waals surface area contributed by atoms with E-state index < -0.39 is 0 Å². The standard InChI is InChI=1S/C18H23NO3/c1-12-6-7-13(2)15(8-12)10-19(4)11-16-9-17(14(3)22-16)18(20)21-5/h6-9H,10-11H2,1-5H3. The number of ether oxygens (including phenoxy) is 1. The Balaban J connectivity index is 2.07. The Labute approximate surface area is 131 Å². The monoisotopic (exact) mass is 301 g/mol. The fourth-order valence-corrected chi connectivity index (χ4v) is 2.52. The van der Waals surface area contributed by atoms with Gasteiger partial charge in [0.15, 0.2) is 0 Å². The minimum Gasteiger partial charge on any atom is -0.465 e. The van der Waals surface area contributed by atoms with Crippen LogP contribution in [-0.4, -0.2) is 25.0 Å². The fraction of sp³-hybridized carbons (Fsp3) is 0.389. The second-order valence-electron chi connectivity index (χ2n) is 5.78. The predicted molar refractivity (Wildman–Crippen MR) is 85.9 cm³/mol. The van der Waals surface area contributed by atoms with Crippen LogP contribution in [0, 0.1) is 20.8 Å². The van der Waals surface area contributed by atoms with Crippen molar-refractivity contribution in [3.8, 4) is 0 Å². The number of hydrogen-bond acceptors (Lipinski definition) is 4. The van der Waals surface area contributed by atoms with E-state index in [1.807, 2.05) is 7.05 Å². The molecule has 0 radical (unpaired) electrons. The van der Waals surface area contributed by atoms with Crippen molar-refractivity contribution >= 4 is 5.97 Å². The fourth-order valence-electron chi connectivity index (χ4n) is 2.52. The quantitative estimate of drug-likeness (QED) is 0.791. The van der Waals surface area contributed by atoms with Crippen LogP contribution < -0.4 is 0 Å². The van der Waals surface area contributed by atoms with Gasteiger partial charge in [-0.3, -0.25) is 4.90 Å². The average molecular weight is 301 g/mol. The van der Waals surface area contributed by atoms with Crippen molar-refractivity contribution in [1.82, 2.24) is 4.90 Å². The van der Waals surface area contributed by atoms with Crippen molar-refractivity contribution in [3.63, 3.8) is 0 Å². The molecular formula is C18H23NO3. The molecule has 0 atom stereocenters. The predicted octanol–water partition coefficient (Wildman–Crippen LogP) is 3.62. The SMILES string of the molecule is COC(=O)c1cc(CN(C)Cc2cc(C)ccc2C)oc1C. The summed E-state index contributed by atoms with van der Waals surface area (Å²) >= 11 is 0. The Kier molecular flexibility index (Phi) is 5.03. The molecule has 0 amide bonds. The molecule has 0 aliphatic heterocycles. The molecule has 4 heteroatoms. The summed E-state index contributed by atoms with van der Waals surface area (Å²) in [6.07, 6.45) is 0. The van der Waals surface area contributed by atoms with Gasteiger partial charge in [-0.2, -0.15) is 0 Å². The Morgan fingerprint density at radius 3 is 2.59 bits per heavy atom. The molecular weight excluding hydrogens is 278 g/mol. The zero-order chi connectivity index (χ0) is 16.3. The third-order valence-electron chi connectivity index (χ3n) is 3.74. The lowest BCUT2D eigenvalue weighted by Crippen LogP contribution is -2.17. The number of hydrogen-bond donors (Lipinski definition) is 0. The second-order valence-corrected chi connectivity index (χ2v) is 5.78. The van der Waals surface area contributed by atoms with E-state index in [1.54, 1.807) is 13.0 Å². The van der Waals surface area contributed by atoms with Crippen LogP contribution in [0.2, 0.25) is 0 Å². The van der Waals surface area contributed by atoms with Gasteiger partial charge in [0, 0.05) is 6.54 Å². The molecule has 4 nitrogen and oxygen atoms in total. The van der Waals surface area contributed by atoms with E-state index in [-0.39, 0.29) is 5.97 Å². The number of rotatable bonds is 5. The molecule has 1 heterocycles. The number of carbonyl (C=O) groups is 1. The number of aryl methyl sites for hydroxylation is 3. The van der Waals surface area contributed by atoms with Gasteiger partial charge in [0.25, 0.3) is 0 Å². The summed E-state index contributed by atoms with van der Waals surface area (Å²) in [5.74, 6) is 1.01. The summed E-state index contributed by atoms with van der Waals surface area (Å²) in [6.45, 7) is 7.48. The van der Waals surface area contributed by atoms with Crippen molar-refractivity contribution in [2.75, 3.05) is 14.2 Å². The summed E-state index contributed by atoms with van der Waals surface area (Å²) in [6, 6.07) is 8.24. The summed E-state index contributed by atoms with van der Waals surface area (Å²) < 4.78 is 10.4. The van der Waals surface area contributed by atoms with Gasteiger partial charge in [-0.1, -0.05) is 23.8 Å². The number of esters is 1. The first-order valence-electron chi connectivity index (χ1n) is 7.33. The van der Waals surface area contributed by atoms with Crippen LogP contribution in [0.1, 0.15) is 38.6 Å². The number of furan rings is 1. The molecule has 0 unspecified atom stereocenters. The zero-order valence-electron chi connectivity index (χ0n) is 13.9. The van der Waals surface area contributed by atoms with Gasteiger partial charge in [-0.05, 0) is 45.0 Å². The maximum Gasteiger partial charge on any atom is 0.341 e. The van der Waals surface area contributed by atoms with Crippen LogP contribution in [0.4, 0.5) is 0 Å². The van der Waals surface area contributed by atoms with Crippen LogP contribution in [0.3, 0.4) is 0 Å². The Morgan fingerprint density at radius 2 is 1.91 bits per heavy atom. The molecule has 2 aromatic rings. The smallest absolute Gasteiger partial charge is 0.341 e. The number of nitrogens with zero attached hydrogens (tertiary/aromatic N) is 1. The van der Waals surface area contributed by atoms with Gasteiger partial charge in [-0.15, -0.1) is 0 Å². The van der Waals surface area contributed by atoms with Gasteiger partial charge >= 0.3 is 5.97 Å². The summed E-state index contributed by atoms with van der Waals surface area (Å²) in [7, 11) is 3.42. The van der Waals surface area contributed by atoms with Crippen LogP contribution in [-0.2, 0) is 17.8 Å². The maximum atomic E-state index is 11.6. The van der Waals surface area contributed by atoms with E-state index in [0.717, 1.165) is 12.3 Å². The maximum absolute atomic E-state index is 11.6. The molecule has 22 heavy (non-hydrogen) atoms. The minimum atomic E-state index is -0.357. The highest BCUT2D eigenvalue weighted by atomic mass is 16.5. The average Bonchev–Trinajstić information content (AvgIpc) is 2.82. The largest absolute Gasteiger partial charge is 0.465 e. The lowest BCUT2D eigenvalue weighted by Gasteiger charge is -2.17. The highest BCUT2D eigenvalue weighted by Gasteiger charge is 2.16. The molecule has 0 saturated carbocycles. The molecule has 0 N–H and O–H groups in total. The van der Waals surface area contributed by atoms with E-state index >= 15 is 0 Å². The first kappa shape index (κ1) is 16.3. The molecule has 0 aliphatic rings. The topological polar surface area (TPSA) is 42.7 Å². The molecule has 0 bridgehead atoms. The second kappa shape index (κ2) is 6.79. The number of benzene rings is 1. The third-order valence-corrected chi connectivity index (χ3v) is 3.74.